The molecule has 0 radical (unpaired) electrons. The van der Waals surface area contributed by atoms with Gasteiger partial charge in [0.1, 0.15) is 0 Å². The Hall–Kier alpha value is -6.36. The lowest BCUT2D eigenvalue weighted by Gasteiger charge is -2.28. The number of amides is 8. The Bertz CT molecular complexity index is 1160. The molecule has 240 valence electrons. The molecule has 0 N–H and O–H groups in total. The molecule has 0 aromatic heterocycles. The van der Waals surface area contributed by atoms with Crippen molar-refractivity contribution in [1.29, 1.82) is 0 Å². The molecule has 0 unspecified atom stereocenters. The van der Waals surface area contributed by atoms with Crippen LogP contribution in [0.5, 0.6) is 0 Å². The summed E-state index contributed by atoms with van der Waals surface area (Å²) in [7, 11) is 0. The number of imide groups is 4. The van der Waals surface area contributed by atoms with Crippen LogP contribution in [0.15, 0.2) is 0 Å². The predicted octanol–water partition coefficient (Wildman–Crippen LogP) is -1.53. The van der Waals surface area contributed by atoms with Gasteiger partial charge < -0.3 is 18.9 Å². The molecule has 0 spiro atoms. The second-order valence-electron chi connectivity index (χ2n) is 8.60. The largest absolute Gasteiger partial charge is 0.629 e. The van der Waals surface area contributed by atoms with E-state index in [1.165, 1.54) is 0 Å². The van der Waals surface area contributed by atoms with E-state index in [0.717, 1.165) is 0 Å². The van der Waals surface area contributed by atoms with Crippen molar-refractivity contribution in [1.82, 2.24) is 20.3 Å². The van der Waals surface area contributed by atoms with Gasteiger partial charge in [0.2, 0.25) is 0 Å². The van der Waals surface area contributed by atoms with Crippen molar-refractivity contribution in [2.45, 2.75) is 57.5 Å². The third-order valence-electron chi connectivity index (χ3n) is 5.52. The van der Waals surface area contributed by atoms with Crippen LogP contribution < -0.4 is 0 Å². The standard InChI is InChI=1S/C21H16N4O20/c26-9-1-2-10(27)22(9)42-17(34)38-21(39-18(35)43-23-11(28)3-4-12(23)29,40-19(36)44-24-13(30)5-6-14(24)31)41-20(37)45-25-15(32)7-8-16(25)33/h1-8H2. The van der Waals surface area contributed by atoms with Gasteiger partial charge in [0, 0.05) is 51.4 Å². The van der Waals surface area contributed by atoms with Crippen molar-refractivity contribution in [2.75, 3.05) is 0 Å². The Morgan fingerprint density at radius 2 is 0.511 bits per heavy atom. The molecule has 24 nitrogen and oxygen atoms in total. The average Bonchev–Trinajstić information content (AvgIpc) is 3.65. The maximum atomic E-state index is 12.6. The monoisotopic (exact) mass is 644 g/mol. The van der Waals surface area contributed by atoms with Crippen LogP contribution in [0.1, 0.15) is 51.4 Å². The van der Waals surface area contributed by atoms with Crippen molar-refractivity contribution in [3.8, 4) is 0 Å². The fraction of sp³-hybridized carbons (Fsp3) is 0.429. The van der Waals surface area contributed by atoms with Crippen LogP contribution in [0.25, 0.3) is 0 Å². The Morgan fingerprint density at radius 3 is 0.667 bits per heavy atom. The first-order valence-corrected chi connectivity index (χ1v) is 12.2. The van der Waals surface area contributed by atoms with Crippen molar-refractivity contribution in [3.63, 3.8) is 0 Å². The minimum absolute atomic E-state index is 0.160. The van der Waals surface area contributed by atoms with Crippen LogP contribution in [0.2, 0.25) is 0 Å². The molecule has 8 amide bonds. The summed E-state index contributed by atoms with van der Waals surface area (Å²) in [4.78, 5) is 162. The Morgan fingerprint density at radius 1 is 0.356 bits per heavy atom. The number of nitrogens with zero attached hydrogens (tertiary/aromatic N) is 4. The lowest BCUT2D eigenvalue weighted by molar-refractivity contribution is -0.437. The first-order valence-electron chi connectivity index (χ1n) is 12.2. The Balaban J connectivity index is 1.63. The zero-order valence-corrected chi connectivity index (χ0v) is 22.1. The third kappa shape index (κ3) is 7.17. The van der Waals surface area contributed by atoms with Gasteiger partial charge in [-0.1, -0.05) is 20.3 Å². The summed E-state index contributed by atoms with van der Waals surface area (Å²) >= 11 is 0. The predicted molar refractivity (Wildman–Crippen MR) is 117 cm³/mol. The van der Waals surface area contributed by atoms with Gasteiger partial charge in [-0.2, -0.15) is 0 Å². The van der Waals surface area contributed by atoms with Gasteiger partial charge in [-0.15, -0.1) is 0 Å². The molecular formula is C21H16N4O20. The fourth-order valence-corrected chi connectivity index (χ4v) is 3.54. The van der Waals surface area contributed by atoms with E-state index < -0.39 is 129 Å². The summed E-state index contributed by atoms with van der Waals surface area (Å²) in [6, 6.07) is 0. The SMILES string of the molecule is O=C(ON1C(=O)CCC1=O)OC(OC(=O)ON1C(=O)CCC1=O)(OC(=O)ON1C(=O)CCC1=O)OC(=O)ON1C(=O)CCC1=O. The maximum absolute atomic E-state index is 12.6. The van der Waals surface area contributed by atoms with Crippen LogP contribution >= 0.6 is 0 Å². The average molecular weight is 644 g/mol. The third-order valence-corrected chi connectivity index (χ3v) is 5.52. The molecule has 0 saturated carbocycles. The van der Waals surface area contributed by atoms with Gasteiger partial charge in [0.15, 0.2) is 0 Å². The molecule has 4 fully saturated rings. The van der Waals surface area contributed by atoms with E-state index in [2.05, 4.69) is 38.3 Å². The second kappa shape index (κ2) is 12.5. The molecule has 45 heavy (non-hydrogen) atoms. The van der Waals surface area contributed by atoms with E-state index in [0.29, 0.717) is 0 Å². The van der Waals surface area contributed by atoms with E-state index >= 15 is 0 Å². The molecular weight excluding hydrogens is 628 g/mol. The summed E-state index contributed by atoms with van der Waals surface area (Å²) in [6.45, 7) is 0. The van der Waals surface area contributed by atoms with E-state index in [9.17, 15) is 57.5 Å². The van der Waals surface area contributed by atoms with Crippen molar-refractivity contribution in [3.05, 3.63) is 0 Å². The Kier molecular flexibility index (Phi) is 8.75. The molecule has 4 aliphatic rings. The molecule has 0 aromatic rings. The highest BCUT2D eigenvalue weighted by atomic mass is 17.1. The number of ether oxygens (including phenoxy) is 4. The number of carbonyl (C=O) groups is 12. The molecule has 4 aliphatic heterocycles. The first-order chi connectivity index (χ1) is 21.2. The van der Waals surface area contributed by atoms with E-state index in [1.807, 2.05) is 0 Å². The van der Waals surface area contributed by atoms with E-state index in [4.69, 9.17) is 0 Å². The highest BCUT2D eigenvalue weighted by Gasteiger charge is 2.56. The van der Waals surface area contributed by atoms with Gasteiger partial charge >= 0.3 is 30.8 Å². The number of hydrogen-bond donors (Lipinski definition) is 0. The number of rotatable bonds is 8. The van der Waals surface area contributed by atoms with E-state index in [-0.39, 0.29) is 20.3 Å². The summed E-state index contributed by atoms with van der Waals surface area (Å²) in [5.74, 6) is -8.84. The van der Waals surface area contributed by atoms with Gasteiger partial charge in [-0.05, 0) is 0 Å². The van der Waals surface area contributed by atoms with Gasteiger partial charge in [0.05, 0.1) is 0 Å². The second-order valence-corrected chi connectivity index (χ2v) is 8.60. The minimum atomic E-state index is -4.38. The van der Waals surface area contributed by atoms with E-state index in [1.54, 1.807) is 0 Å². The fourth-order valence-electron chi connectivity index (χ4n) is 3.54. The van der Waals surface area contributed by atoms with Gasteiger partial charge in [-0.3, -0.25) is 57.7 Å². The molecule has 4 heterocycles. The lowest BCUT2D eigenvalue weighted by atomic mass is 10.4. The topological polar surface area (TPSA) is 292 Å². The normalized spacial score (nSPS) is 18.5. The molecule has 24 heteroatoms. The summed E-state index contributed by atoms with van der Waals surface area (Å²) in [6.07, 6.45) is -17.3. The number of carbonyl (C=O) groups excluding carboxylic acids is 12. The smallest absolute Gasteiger partial charge is 0.317 e. The molecule has 0 atom stereocenters. The highest BCUT2D eigenvalue weighted by molar-refractivity contribution is 6.03. The van der Waals surface area contributed by atoms with Crippen LogP contribution in [0, 0.1) is 0 Å². The quantitative estimate of drug-likeness (QED) is 0.164. The molecule has 0 aromatic carbocycles. The lowest BCUT2D eigenvalue weighted by Crippen LogP contribution is -2.51. The maximum Gasteiger partial charge on any atom is 0.629 e. The van der Waals surface area contributed by atoms with Crippen LogP contribution in [0.3, 0.4) is 0 Å². The zero-order chi connectivity index (χ0) is 33.1. The van der Waals surface area contributed by atoms with Gasteiger partial charge in [0.25, 0.3) is 47.3 Å². The molecule has 4 rings (SSSR count). The number of hydroxylamine groups is 8. The molecule has 0 bridgehead atoms. The first kappa shape index (κ1) is 31.6. The van der Waals surface area contributed by atoms with Crippen molar-refractivity contribution in [2.24, 2.45) is 0 Å². The summed E-state index contributed by atoms with van der Waals surface area (Å²) in [5, 5.41) is -0.640. The summed E-state index contributed by atoms with van der Waals surface area (Å²) < 4.78 is 17.7. The van der Waals surface area contributed by atoms with Gasteiger partial charge in [-0.25, -0.2) is 19.2 Å². The van der Waals surface area contributed by atoms with Crippen molar-refractivity contribution < 1.29 is 95.8 Å². The number of hydrogen-bond acceptors (Lipinski definition) is 20. The van der Waals surface area contributed by atoms with Crippen molar-refractivity contribution >= 4 is 71.9 Å². The minimum Gasteiger partial charge on any atom is -0.317 e. The van der Waals surface area contributed by atoms with Crippen LogP contribution in [-0.2, 0) is 76.7 Å². The zero-order valence-electron chi connectivity index (χ0n) is 22.1. The van der Waals surface area contributed by atoms with Crippen LogP contribution in [-0.4, -0.2) is 98.3 Å². The highest BCUT2D eigenvalue weighted by Crippen LogP contribution is 2.26. The van der Waals surface area contributed by atoms with Crippen LogP contribution in [0.4, 0.5) is 19.2 Å². The Labute approximate surface area is 246 Å². The summed E-state index contributed by atoms with van der Waals surface area (Å²) in [5.41, 5.74) is 0. The molecule has 4 saturated heterocycles. The molecule has 0 aliphatic carbocycles.